The number of aliphatic hydroxyl groups is 5. The van der Waals surface area contributed by atoms with Gasteiger partial charge in [0, 0.05) is 32.1 Å². The van der Waals surface area contributed by atoms with Crippen molar-refractivity contribution < 1.29 is 74.1 Å². The molecule has 0 aliphatic rings. The molecule has 0 spiro atoms. The second-order valence-electron chi connectivity index (χ2n) is 30.8. The molecule has 4 amide bonds. The molecule has 0 aliphatic carbocycles. The third kappa shape index (κ3) is 86.5. The van der Waals surface area contributed by atoms with Gasteiger partial charge in [-0.1, -0.05) is 283 Å². The maximum absolute atomic E-state index is 11.9. The van der Waals surface area contributed by atoms with Crippen molar-refractivity contribution in [1.29, 1.82) is 0 Å². The van der Waals surface area contributed by atoms with E-state index in [1.54, 1.807) is 6.92 Å². The molecule has 0 aromatic rings. The SMILES string of the molecule is C=C(O)CCC(NC(=O)CCCCCCC/C=C\CC(O)CCCCCC)C(=O)O.CCCCCCC(O)C/C=C\CCCCCCCC(=O)NC(C(=O)O)C(C)CC.CCCCCCC(O)C/C=C\CCCCCCCC(=O)NC(C)C(C)=O.CCCCCCC(O)C/C=C\CCCCCCCC(=O)NCC(C)=O. The number of carbonyl (C=O) groups is 8. The molecule has 11 N–H and O–H groups in total. The monoisotopic (exact) mass is 1560 g/mol. The van der Waals surface area contributed by atoms with Gasteiger partial charge in [0.05, 0.1) is 42.8 Å². The Morgan fingerprint density at radius 1 is 0.336 bits per heavy atom. The second kappa shape index (κ2) is 84.4. The number of Topliss-reactive ketones (excluding diaryl/α,β-unsaturated/α-hetero) is 2. The van der Waals surface area contributed by atoms with Gasteiger partial charge >= 0.3 is 11.9 Å². The van der Waals surface area contributed by atoms with Crippen LogP contribution in [0.3, 0.4) is 0 Å². The number of carboxylic acid groups (broad SMARTS) is 2. The Balaban J connectivity index is -0.000000683. The summed E-state index contributed by atoms with van der Waals surface area (Å²) in [5, 5.41) is 77.4. The van der Waals surface area contributed by atoms with Gasteiger partial charge in [-0.05, 0) is 162 Å². The highest BCUT2D eigenvalue weighted by atomic mass is 16.4. The third-order valence-corrected chi connectivity index (χ3v) is 19.6. The van der Waals surface area contributed by atoms with Crippen molar-refractivity contribution >= 4 is 47.1 Å². The maximum atomic E-state index is 11.9. The van der Waals surface area contributed by atoms with Gasteiger partial charge in [-0.2, -0.15) is 0 Å². The number of carbonyl (C=O) groups excluding carboxylic acids is 6. The number of amides is 4. The smallest absolute Gasteiger partial charge is 0.326 e. The molecule has 19 heteroatoms. The Hall–Kier alpha value is -5.50. The molecule has 0 saturated carbocycles. The number of aliphatic hydroxyl groups excluding tert-OH is 5. The summed E-state index contributed by atoms with van der Waals surface area (Å²) >= 11 is 0. The Morgan fingerprint density at radius 2 is 0.627 bits per heavy atom. The third-order valence-electron chi connectivity index (χ3n) is 19.6. The van der Waals surface area contributed by atoms with E-state index in [0.29, 0.717) is 25.7 Å². The minimum absolute atomic E-state index is 0.00424. The van der Waals surface area contributed by atoms with Crippen LogP contribution in [0.2, 0.25) is 0 Å². The topological polar surface area (TPSA) is 326 Å². The quantitative estimate of drug-likeness (QED) is 0.0153. The first-order valence-corrected chi connectivity index (χ1v) is 44.1. The van der Waals surface area contributed by atoms with E-state index in [-0.39, 0.29) is 96.7 Å². The molecule has 0 aromatic heterocycles. The zero-order chi connectivity index (χ0) is 82.9. The Kier molecular flexibility index (Phi) is 85.0. The van der Waals surface area contributed by atoms with Crippen molar-refractivity contribution in [1.82, 2.24) is 21.3 Å². The number of nitrogens with one attached hydrogen (secondary N) is 4. The minimum Gasteiger partial charge on any atom is -0.513 e. The summed E-state index contributed by atoms with van der Waals surface area (Å²) in [5.74, 6) is -2.67. The number of hydrogen-bond acceptors (Lipinski definition) is 13. The Labute approximate surface area is 670 Å². The molecule has 0 saturated heterocycles. The molecule has 642 valence electrons. The fourth-order valence-corrected chi connectivity index (χ4v) is 12.0. The first-order chi connectivity index (χ1) is 52.8. The predicted molar refractivity (Wildman–Crippen MR) is 455 cm³/mol. The van der Waals surface area contributed by atoms with Crippen molar-refractivity contribution in [2.75, 3.05) is 6.54 Å². The molecule has 19 nitrogen and oxygen atoms in total. The Morgan fingerprint density at radius 3 is 0.909 bits per heavy atom. The Bertz CT molecular complexity index is 2340. The van der Waals surface area contributed by atoms with Gasteiger partial charge in [0.25, 0.3) is 0 Å². The molecular weight excluding hydrogens is 1390 g/mol. The molecule has 0 bridgehead atoms. The van der Waals surface area contributed by atoms with E-state index in [1.807, 2.05) is 13.8 Å². The number of hydrogen-bond donors (Lipinski definition) is 11. The van der Waals surface area contributed by atoms with Gasteiger partial charge < -0.3 is 57.0 Å². The van der Waals surface area contributed by atoms with Crippen molar-refractivity contribution in [3.63, 3.8) is 0 Å². The van der Waals surface area contributed by atoms with Crippen LogP contribution in [0.4, 0.5) is 0 Å². The van der Waals surface area contributed by atoms with Crippen LogP contribution in [0.1, 0.15) is 415 Å². The van der Waals surface area contributed by atoms with Crippen LogP contribution < -0.4 is 21.3 Å². The summed E-state index contributed by atoms with van der Waals surface area (Å²) in [4.78, 5) is 91.0. The highest BCUT2D eigenvalue weighted by Gasteiger charge is 2.25. The van der Waals surface area contributed by atoms with Crippen LogP contribution in [0.15, 0.2) is 60.9 Å². The van der Waals surface area contributed by atoms with E-state index in [4.69, 9.17) is 10.2 Å². The van der Waals surface area contributed by atoms with Crippen molar-refractivity contribution in [2.24, 2.45) is 5.92 Å². The van der Waals surface area contributed by atoms with Gasteiger partial charge in [-0.3, -0.25) is 28.8 Å². The van der Waals surface area contributed by atoms with Crippen LogP contribution in [-0.2, 0) is 38.4 Å². The lowest BCUT2D eigenvalue weighted by atomic mass is 9.99. The number of carboxylic acids is 2. The van der Waals surface area contributed by atoms with E-state index in [1.165, 1.54) is 110 Å². The van der Waals surface area contributed by atoms with E-state index in [0.717, 1.165) is 218 Å². The summed E-state index contributed by atoms with van der Waals surface area (Å²) in [6, 6.07) is -2.14. The van der Waals surface area contributed by atoms with Gasteiger partial charge in [0.2, 0.25) is 23.6 Å². The van der Waals surface area contributed by atoms with E-state index < -0.39 is 24.0 Å². The number of rotatable bonds is 73. The highest BCUT2D eigenvalue weighted by Crippen LogP contribution is 2.18. The lowest BCUT2D eigenvalue weighted by Gasteiger charge is -2.20. The molecular formula is C91H168N4O15. The summed E-state index contributed by atoms with van der Waals surface area (Å²) in [6.45, 7) is 20.7. The number of unbranched alkanes of at least 4 members (excludes halogenated alkanes) is 32. The first kappa shape index (κ1) is 111. The molecule has 0 rings (SSSR count). The van der Waals surface area contributed by atoms with Crippen LogP contribution in [0.5, 0.6) is 0 Å². The van der Waals surface area contributed by atoms with E-state index >= 15 is 0 Å². The zero-order valence-electron chi connectivity index (χ0n) is 71.4. The lowest BCUT2D eigenvalue weighted by molar-refractivity contribution is -0.143. The molecule has 0 aliphatic heterocycles. The van der Waals surface area contributed by atoms with Crippen molar-refractivity contribution in [3.05, 3.63) is 60.9 Å². The maximum Gasteiger partial charge on any atom is 0.326 e. The van der Waals surface area contributed by atoms with Crippen LogP contribution in [-0.4, -0.2) is 132 Å². The normalized spacial score (nSPS) is 13.5. The highest BCUT2D eigenvalue weighted by molar-refractivity contribution is 5.87. The van der Waals surface area contributed by atoms with Crippen molar-refractivity contribution in [2.45, 2.75) is 458 Å². The van der Waals surface area contributed by atoms with Crippen molar-refractivity contribution in [3.8, 4) is 0 Å². The van der Waals surface area contributed by atoms with Gasteiger partial charge in [-0.25, -0.2) is 9.59 Å². The lowest BCUT2D eigenvalue weighted by Crippen LogP contribution is -2.44. The second-order valence-corrected chi connectivity index (χ2v) is 30.8. The molecule has 0 heterocycles. The molecule has 0 radical (unpaired) electrons. The summed E-state index contributed by atoms with van der Waals surface area (Å²) in [6.07, 6.45) is 70.3. The number of aliphatic carboxylic acids is 2. The number of ketones is 2. The fourth-order valence-electron chi connectivity index (χ4n) is 12.0. The average molecular weight is 1560 g/mol. The van der Waals surface area contributed by atoms with Gasteiger partial charge in [0.15, 0.2) is 5.78 Å². The molecule has 0 fully saturated rings. The van der Waals surface area contributed by atoms with E-state index in [2.05, 4.69) is 104 Å². The number of allylic oxidation sites excluding steroid dienone is 5. The molecule has 0 aromatic carbocycles. The minimum atomic E-state index is -1.10. The predicted octanol–water partition coefficient (Wildman–Crippen LogP) is 20.8. The van der Waals surface area contributed by atoms with Crippen LogP contribution in [0.25, 0.3) is 0 Å². The van der Waals surface area contributed by atoms with Crippen LogP contribution in [0, 0.1) is 5.92 Å². The summed E-state index contributed by atoms with van der Waals surface area (Å²) in [5.41, 5.74) is 0. The molecule has 8 unspecified atom stereocenters. The average Bonchev–Trinajstić information content (AvgIpc) is 0.919. The van der Waals surface area contributed by atoms with E-state index in [9.17, 15) is 63.9 Å². The fraction of sp³-hybridized carbons (Fsp3) is 0.802. The largest absolute Gasteiger partial charge is 0.513 e. The molecule has 8 atom stereocenters. The molecule has 110 heavy (non-hydrogen) atoms. The first-order valence-electron chi connectivity index (χ1n) is 44.1. The van der Waals surface area contributed by atoms with Gasteiger partial charge in [0.1, 0.15) is 17.9 Å². The van der Waals surface area contributed by atoms with Crippen LogP contribution >= 0.6 is 0 Å². The summed E-state index contributed by atoms with van der Waals surface area (Å²) < 4.78 is 0. The standard InChI is InChI=1S/C24H43NO5.C24H45NO4.C22H41NO3.C21H39NO3/c1-3-4-5-12-15-21(27)16-13-10-8-6-7-9-11-14-17-23(28)25-22(24(29)30)19-18-20(2)26;1-4-6-7-14-17-21(26)18-15-12-10-8-9-11-13-16-19-22(27)25-23(24(28)29)20(3)5-2;1-4-5-6-13-16-21(25)17-14-11-9-7-8-10-12-15-18-22(26)23-19(2)20(3)24;1-3-4-5-12-15-20(24)16-13-10-8-6-7-9-11-14-17-21(25)22-18-19(2)23/h10,13,21-22,26-27H,2-9,11-12,14-19H2,1H3,(H,25,28)(H,29,30);12,15,20-21,23,26H,4-11,13-14,16-19H2,1-3H3,(H,25,27)(H,28,29);11,14,19,21,25H,4-10,12-13,15-18H2,1-3H3,(H,23,26);10,13,20,24H,3-9,11-12,14-18H2,1-2H3,(H,22,25)/b13-10-;15-12-;14-11-;13-10-. The van der Waals surface area contributed by atoms with Gasteiger partial charge in [-0.15, -0.1) is 0 Å². The summed E-state index contributed by atoms with van der Waals surface area (Å²) in [7, 11) is 0. The zero-order valence-corrected chi connectivity index (χ0v) is 71.4.